The molecule has 0 aliphatic carbocycles. The third kappa shape index (κ3) is 3.93. The summed E-state index contributed by atoms with van der Waals surface area (Å²) in [5.74, 6) is 0.307. The minimum Gasteiger partial charge on any atom is -0.508 e. The van der Waals surface area contributed by atoms with Crippen molar-refractivity contribution in [3.05, 3.63) is 24.3 Å². The molecule has 1 aromatic rings. The molecule has 0 unspecified atom stereocenters. The molecule has 2 fully saturated rings. The second-order valence-corrected chi connectivity index (χ2v) is 7.58. The van der Waals surface area contributed by atoms with E-state index in [9.17, 15) is 9.90 Å². The van der Waals surface area contributed by atoms with Gasteiger partial charge in [0, 0.05) is 57.1 Å². The van der Waals surface area contributed by atoms with E-state index in [1.165, 1.54) is 0 Å². The van der Waals surface area contributed by atoms with E-state index in [-0.39, 0.29) is 6.09 Å². The number of amides is 1. The first-order chi connectivity index (χ1) is 11.3. The standard InChI is InChI=1S/C18H27N3O3/c1-18(2,3)24-17(23)20-9-7-19(8-10-20)15-12-21(13-15)14-5-4-6-16(22)11-14/h4-6,11,15,22H,7-10,12-13H2,1-3H3. The highest BCUT2D eigenvalue weighted by molar-refractivity contribution is 5.68. The molecular weight excluding hydrogens is 306 g/mol. The number of nitrogens with zero attached hydrogens (tertiary/aromatic N) is 3. The molecule has 1 aromatic carbocycles. The fourth-order valence-electron chi connectivity index (χ4n) is 3.18. The van der Waals surface area contributed by atoms with Crippen LogP contribution in [-0.4, -0.2) is 71.9 Å². The number of hydrogen-bond acceptors (Lipinski definition) is 5. The lowest BCUT2D eigenvalue weighted by molar-refractivity contribution is 0.00876. The molecule has 6 heteroatoms. The van der Waals surface area contributed by atoms with E-state index in [4.69, 9.17) is 4.74 Å². The second kappa shape index (κ2) is 6.51. The zero-order chi connectivity index (χ0) is 17.3. The number of anilines is 1. The van der Waals surface area contributed by atoms with Crippen LogP contribution in [0.5, 0.6) is 5.75 Å². The van der Waals surface area contributed by atoms with E-state index >= 15 is 0 Å². The maximum absolute atomic E-state index is 12.1. The highest BCUT2D eigenvalue weighted by Crippen LogP contribution is 2.27. The van der Waals surface area contributed by atoms with Crippen molar-refractivity contribution in [2.75, 3.05) is 44.2 Å². The van der Waals surface area contributed by atoms with Crippen LogP contribution in [0.3, 0.4) is 0 Å². The van der Waals surface area contributed by atoms with Gasteiger partial charge in [0.15, 0.2) is 0 Å². The minimum absolute atomic E-state index is 0.211. The van der Waals surface area contributed by atoms with E-state index < -0.39 is 5.60 Å². The maximum atomic E-state index is 12.1. The van der Waals surface area contributed by atoms with Gasteiger partial charge in [0.1, 0.15) is 11.4 Å². The normalized spacial score (nSPS) is 20.0. The molecule has 0 aromatic heterocycles. The summed E-state index contributed by atoms with van der Waals surface area (Å²) in [5, 5.41) is 9.57. The lowest BCUT2D eigenvalue weighted by Crippen LogP contribution is -2.63. The Kier molecular flexibility index (Phi) is 4.58. The number of aromatic hydroxyl groups is 1. The fourth-order valence-corrected chi connectivity index (χ4v) is 3.18. The van der Waals surface area contributed by atoms with Crippen molar-refractivity contribution >= 4 is 11.8 Å². The first-order valence-corrected chi connectivity index (χ1v) is 8.58. The van der Waals surface area contributed by atoms with Crippen molar-refractivity contribution in [2.45, 2.75) is 32.4 Å². The number of ether oxygens (including phenoxy) is 1. The Bertz CT molecular complexity index is 585. The first kappa shape index (κ1) is 16.9. The predicted molar refractivity (Wildman–Crippen MR) is 93.5 cm³/mol. The molecule has 2 aliphatic rings. The number of benzene rings is 1. The predicted octanol–water partition coefficient (Wildman–Crippen LogP) is 2.13. The van der Waals surface area contributed by atoms with Crippen molar-refractivity contribution in [1.29, 1.82) is 0 Å². The summed E-state index contributed by atoms with van der Waals surface area (Å²) in [4.78, 5) is 18.6. The smallest absolute Gasteiger partial charge is 0.410 e. The molecule has 24 heavy (non-hydrogen) atoms. The van der Waals surface area contributed by atoms with E-state index in [0.29, 0.717) is 11.8 Å². The van der Waals surface area contributed by atoms with Crippen LogP contribution in [-0.2, 0) is 4.74 Å². The first-order valence-electron chi connectivity index (χ1n) is 8.58. The van der Waals surface area contributed by atoms with Crippen molar-refractivity contribution in [3.8, 4) is 5.75 Å². The molecule has 2 heterocycles. The Morgan fingerprint density at radius 1 is 1.17 bits per heavy atom. The highest BCUT2D eigenvalue weighted by Gasteiger charge is 2.35. The lowest BCUT2D eigenvalue weighted by atomic mass is 10.0. The molecule has 2 saturated heterocycles. The Labute approximate surface area is 143 Å². The largest absolute Gasteiger partial charge is 0.508 e. The number of phenols is 1. The van der Waals surface area contributed by atoms with E-state index in [1.807, 2.05) is 32.9 Å². The lowest BCUT2D eigenvalue weighted by Gasteiger charge is -2.49. The van der Waals surface area contributed by atoms with Crippen molar-refractivity contribution < 1.29 is 14.6 Å². The summed E-state index contributed by atoms with van der Waals surface area (Å²) >= 11 is 0. The molecule has 0 saturated carbocycles. The van der Waals surface area contributed by atoms with Crippen LogP contribution in [0.1, 0.15) is 20.8 Å². The average Bonchev–Trinajstić information content (AvgIpc) is 2.45. The van der Waals surface area contributed by atoms with Gasteiger partial charge in [-0.2, -0.15) is 0 Å². The van der Waals surface area contributed by atoms with Gasteiger partial charge < -0.3 is 19.6 Å². The zero-order valence-electron chi connectivity index (χ0n) is 14.7. The van der Waals surface area contributed by atoms with Gasteiger partial charge in [0.05, 0.1) is 0 Å². The molecule has 1 amide bonds. The molecular formula is C18H27N3O3. The van der Waals surface area contributed by atoms with Crippen LogP contribution >= 0.6 is 0 Å². The van der Waals surface area contributed by atoms with Gasteiger partial charge in [-0.25, -0.2) is 4.79 Å². The number of hydrogen-bond donors (Lipinski definition) is 1. The minimum atomic E-state index is -0.441. The van der Waals surface area contributed by atoms with Gasteiger partial charge >= 0.3 is 6.09 Å². The summed E-state index contributed by atoms with van der Waals surface area (Å²) < 4.78 is 5.44. The summed E-state index contributed by atoms with van der Waals surface area (Å²) in [6, 6.07) is 7.91. The summed E-state index contributed by atoms with van der Waals surface area (Å²) in [6.07, 6.45) is -0.211. The second-order valence-electron chi connectivity index (χ2n) is 7.58. The van der Waals surface area contributed by atoms with Crippen LogP contribution in [0.2, 0.25) is 0 Å². The maximum Gasteiger partial charge on any atom is 0.410 e. The van der Waals surface area contributed by atoms with E-state index in [0.717, 1.165) is 45.0 Å². The molecule has 6 nitrogen and oxygen atoms in total. The van der Waals surface area contributed by atoms with Crippen LogP contribution in [0.15, 0.2) is 24.3 Å². The SMILES string of the molecule is CC(C)(C)OC(=O)N1CCN(C2CN(c3cccc(O)c3)C2)CC1. The van der Waals surface area contributed by atoms with Crippen molar-refractivity contribution in [3.63, 3.8) is 0 Å². The summed E-state index contributed by atoms with van der Waals surface area (Å²) in [6.45, 7) is 10.8. The summed E-state index contributed by atoms with van der Waals surface area (Å²) in [5.41, 5.74) is 0.628. The third-order valence-electron chi connectivity index (χ3n) is 4.54. The van der Waals surface area contributed by atoms with Crippen LogP contribution in [0.25, 0.3) is 0 Å². The Morgan fingerprint density at radius 2 is 1.83 bits per heavy atom. The van der Waals surface area contributed by atoms with Crippen LogP contribution < -0.4 is 4.90 Å². The van der Waals surface area contributed by atoms with Gasteiger partial charge in [-0.05, 0) is 32.9 Å². The molecule has 132 valence electrons. The number of piperazine rings is 1. The number of phenolic OH excluding ortho intramolecular Hbond substituents is 1. The quantitative estimate of drug-likeness (QED) is 0.898. The Morgan fingerprint density at radius 3 is 2.42 bits per heavy atom. The molecule has 1 N–H and O–H groups in total. The molecule has 0 spiro atoms. The van der Waals surface area contributed by atoms with Gasteiger partial charge in [-0.3, -0.25) is 4.90 Å². The highest BCUT2D eigenvalue weighted by atomic mass is 16.6. The molecule has 3 rings (SSSR count). The third-order valence-corrected chi connectivity index (χ3v) is 4.54. The summed E-state index contributed by atoms with van der Waals surface area (Å²) in [7, 11) is 0. The van der Waals surface area contributed by atoms with Gasteiger partial charge in [0.25, 0.3) is 0 Å². The number of rotatable bonds is 2. The van der Waals surface area contributed by atoms with Crippen molar-refractivity contribution in [2.24, 2.45) is 0 Å². The average molecular weight is 333 g/mol. The van der Waals surface area contributed by atoms with E-state index in [1.54, 1.807) is 17.0 Å². The number of carbonyl (C=O) groups is 1. The Balaban J connectivity index is 1.45. The van der Waals surface area contributed by atoms with E-state index in [2.05, 4.69) is 9.80 Å². The zero-order valence-corrected chi connectivity index (χ0v) is 14.7. The molecule has 2 aliphatic heterocycles. The van der Waals surface area contributed by atoms with Crippen LogP contribution in [0, 0.1) is 0 Å². The molecule has 0 bridgehead atoms. The van der Waals surface area contributed by atoms with Gasteiger partial charge in [0.2, 0.25) is 0 Å². The monoisotopic (exact) mass is 333 g/mol. The molecule has 0 atom stereocenters. The van der Waals surface area contributed by atoms with Crippen molar-refractivity contribution in [1.82, 2.24) is 9.80 Å². The van der Waals surface area contributed by atoms with Crippen LogP contribution in [0.4, 0.5) is 10.5 Å². The molecule has 0 radical (unpaired) electrons. The number of carbonyl (C=O) groups excluding carboxylic acids is 1. The Hall–Kier alpha value is -1.95. The van der Waals surface area contributed by atoms with Gasteiger partial charge in [-0.15, -0.1) is 0 Å². The topological polar surface area (TPSA) is 56.2 Å². The van der Waals surface area contributed by atoms with Gasteiger partial charge in [-0.1, -0.05) is 6.07 Å². The fraction of sp³-hybridized carbons (Fsp3) is 0.611.